The van der Waals surface area contributed by atoms with Gasteiger partial charge in [0.05, 0.1) is 48.2 Å². The maximum absolute atomic E-state index is 13.6. The van der Waals surface area contributed by atoms with Crippen LogP contribution in [0, 0.1) is 0 Å². The molecule has 1 heterocycles. The highest BCUT2D eigenvalue weighted by atomic mass is 16.7. The number of benzene rings is 2. The lowest BCUT2D eigenvalue weighted by Crippen LogP contribution is -2.50. The average Bonchev–Trinajstić information content (AvgIpc) is 2.90. The molecule has 12 nitrogen and oxygen atoms in total. The Morgan fingerprint density at radius 3 is 2.49 bits per heavy atom. The molecule has 3 aliphatic rings. The number of carbonyl (C=O) groups is 3. The number of ketones is 3. The van der Waals surface area contributed by atoms with E-state index in [0.29, 0.717) is 0 Å². The summed E-state index contributed by atoms with van der Waals surface area (Å²) in [6.07, 6.45) is -5.53. The van der Waals surface area contributed by atoms with Gasteiger partial charge in [0.1, 0.15) is 29.5 Å². The van der Waals surface area contributed by atoms with Gasteiger partial charge in [-0.2, -0.15) is 0 Å². The second kappa shape index (κ2) is 9.66. The average molecular weight is 543 g/mol. The standard InChI is InChI=1S/C27H28NO11/c1-10-22(31)13(28)6-17(38-10)39-15-8-27(36,16(30)9-29)7-12-19(15)26(35)21-20(24(12)33)23(32)11-4-3-5-14(37-2)18(11)25(21)34/h3-5,10,13,15,17,22,28-29,31,33,35-36H,6-9H2,1-2H3/t10-,13+,15+,17?,22-,27+/m1/s1. The minimum Gasteiger partial charge on any atom is -0.507 e. The van der Waals surface area contributed by atoms with Gasteiger partial charge in [-0.3, -0.25) is 20.1 Å². The van der Waals surface area contributed by atoms with Crippen LogP contribution in [0.15, 0.2) is 18.2 Å². The number of ether oxygens (including phenoxy) is 3. The normalized spacial score (nSPS) is 29.8. The van der Waals surface area contributed by atoms with E-state index in [2.05, 4.69) is 0 Å². The van der Waals surface area contributed by atoms with E-state index in [1.807, 2.05) is 0 Å². The molecular weight excluding hydrogens is 514 g/mol. The van der Waals surface area contributed by atoms with Gasteiger partial charge in [-0.1, -0.05) is 12.1 Å². The first-order chi connectivity index (χ1) is 18.4. The minimum absolute atomic E-state index is 0.0588. The van der Waals surface area contributed by atoms with Crippen LogP contribution < -0.4 is 10.5 Å². The molecule has 1 radical (unpaired) electrons. The summed E-state index contributed by atoms with van der Waals surface area (Å²) in [5.74, 6) is -3.84. The number of Topliss-reactive ketones (excluding diaryl/α,β-unsaturated/α-hetero) is 1. The van der Waals surface area contributed by atoms with Crippen molar-refractivity contribution in [2.45, 2.75) is 62.4 Å². The Morgan fingerprint density at radius 2 is 1.85 bits per heavy atom. The van der Waals surface area contributed by atoms with Crippen molar-refractivity contribution in [3.05, 3.63) is 51.6 Å². The molecule has 1 unspecified atom stereocenters. The van der Waals surface area contributed by atoms with Crippen LogP contribution in [0.3, 0.4) is 0 Å². The van der Waals surface area contributed by atoms with Crippen molar-refractivity contribution in [2.24, 2.45) is 0 Å². The van der Waals surface area contributed by atoms with Crippen LogP contribution in [0.4, 0.5) is 0 Å². The van der Waals surface area contributed by atoms with Gasteiger partial charge in [0.15, 0.2) is 17.9 Å². The Labute approximate surface area is 222 Å². The van der Waals surface area contributed by atoms with E-state index in [0.717, 1.165) is 0 Å². The first-order valence-electron chi connectivity index (χ1n) is 12.4. The van der Waals surface area contributed by atoms with Crippen LogP contribution in [0.5, 0.6) is 17.2 Å². The fourth-order valence-corrected chi connectivity index (χ4v) is 5.71. The highest BCUT2D eigenvalue weighted by molar-refractivity contribution is 6.31. The molecule has 2 aromatic rings. The molecule has 2 aromatic carbocycles. The zero-order valence-corrected chi connectivity index (χ0v) is 21.1. The predicted molar refractivity (Wildman–Crippen MR) is 131 cm³/mol. The second-order valence-corrected chi connectivity index (χ2v) is 10.1. The lowest BCUT2D eigenvalue weighted by atomic mass is 9.72. The number of fused-ring (bicyclic) bond motifs is 3. The topological polar surface area (TPSA) is 204 Å². The van der Waals surface area contributed by atoms with Crippen molar-refractivity contribution in [3.63, 3.8) is 0 Å². The van der Waals surface area contributed by atoms with Crippen molar-refractivity contribution in [3.8, 4) is 17.2 Å². The van der Waals surface area contributed by atoms with Crippen LogP contribution in [0.1, 0.15) is 68.8 Å². The van der Waals surface area contributed by atoms with E-state index in [1.54, 1.807) is 0 Å². The molecule has 0 amide bonds. The van der Waals surface area contributed by atoms with E-state index < -0.39 is 95.7 Å². The predicted octanol–water partition coefficient (Wildman–Crippen LogP) is 0.325. The van der Waals surface area contributed by atoms with E-state index in [1.165, 1.54) is 32.2 Å². The number of nitrogens with one attached hydrogen (secondary N) is 1. The van der Waals surface area contributed by atoms with Gasteiger partial charge in [-0.05, 0) is 13.0 Å². The van der Waals surface area contributed by atoms with E-state index in [9.17, 15) is 39.9 Å². The smallest absolute Gasteiger partial charge is 0.202 e. The summed E-state index contributed by atoms with van der Waals surface area (Å²) in [6.45, 7) is 0.510. The number of aromatic hydroxyl groups is 2. The monoisotopic (exact) mass is 542 g/mol. The number of carbonyl (C=O) groups excluding carboxylic acids is 3. The zero-order valence-electron chi connectivity index (χ0n) is 21.1. The number of aliphatic hydroxyl groups excluding tert-OH is 2. The van der Waals surface area contributed by atoms with Gasteiger partial charge in [-0.25, -0.2) is 0 Å². The Bertz CT molecular complexity index is 1380. The van der Waals surface area contributed by atoms with Crippen LogP contribution in [0.2, 0.25) is 0 Å². The van der Waals surface area contributed by atoms with Crippen molar-refractivity contribution in [1.82, 2.24) is 5.73 Å². The molecule has 0 aromatic heterocycles. The minimum atomic E-state index is -2.26. The lowest BCUT2D eigenvalue weighted by molar-refractivity contribution is -0.247. The Balaban J connectivity index is 1.69. The van der Waals surface area contributed by atoms with Gasteiger partial charge in [0, 0.05) is 36.0 Å². The van der Waals surface area contributed by atoms with Crippen molar-refractivity contribution >= 4 is 17.3 Å². The van der Waals surface area contributed by atoms with Gasteiger partial charge >= 0.3 is 0 Å². The van der Waals surface area contributed by atoms with E-state index in [-0.39, 0.29) is 34.4 Å². The first-order valence-corrected chi connectivity index (χ1v) is 12.4. The molecule has 5 rings (SSSR count). The molecule has 2 aliphatic carbocycles. The van der Waals surface area contributed by atoms with Gasteiger partial charge in [0.2, 0.25) is 5.78 Å². The molecular formula is C27H28NO11. The SMILES string of the molecule is COc1cccc2c1C(=O)c1c(O)c3c(c(O)c1C2=O)C[C@@](O)(C(=O)CO)C[C@@H]3OC1C[C@H]([NH])[C@H](O)[C@@H](C)O1. The molecule has 1 fully saturated rings. The number of hydrogen-bond acceptors (Lipinski definition) is 11. The summed E-state index contributed by atoms with van der Waals surface area (Å²) in [5.41, 5.74) is 4.39. The Morgan fingerprint density at radius 1 is 1.15 bits per heavy atom. The summed E-state index contributed by atoms with van der Waals surface area (Å²) < 4.78 is 16.9. The first kappa shape index (κ1) is 27.2. The summed E-state index contributed by atoms with van der Waals surface area (Å²) >= 11 is 0. The Hall–Kier alpha value is -3.39. The fraction of sp³-hybridized carbons (Fsp3) is 0.444. The van der Waals surface area contributed by atoms with Crippen LogP contribution in [-0.2, 0) is 20.7 Å². The summed E-state index contributed by atoms with van der Waals surface area (Å²) in [4.78, 5) is 39.7. The number of rotatable bonds is 5. The second-order valence-electron chi connectivity index (χ2n) is 10.1. The number of methoxy groups -OCH3 is 1. The maximum atomic E-state index is 13.6. The van der Waals surface area contributed by atoms with Gasteiger partial charge < -0.3 is 39.7 Å². The van der Waals surface area contributed by atoms with Crippen molar-refractivity contribution in [2.75, 3.05) is 13.7 Å². The molecule has 207 valence electrons. The molecule has 1 saturated heterocycles. The summed E-state index contributed by atoms with van der Waals surface area (Å²) in [7, 11) is 1.32. The van der Waals surface area contributed by atoms with Crippen molar-refractivity contribution < 1.29 is 54.1 Å². The van der Waals surface area contributed by atoms with E-state index >= 15 is 0 Å². The van der Waals surface area contributed by atoms with Crippen molar-refractivity contribution in [1.29, 1.82) is 0 Å². The highest BCUT2D eigenvalue weighted by Gasteiger charge is 2.50. The lowest BCUT2D eigenvalue weighted by Gasteiger charge is -2.42. The molecule has 6 atom stereocenters. The highest BCUT2D eigenvalue weighted by Crippen LogP contribution is 2.52. The quantitative estimate of drug-likeness (QED) is 0.278. The molecule has 39 heavy (non-hydrogen) atoms. The number of phenols is 2. The van der Waals surface area contributed by atoms with Crippen LogP contribution in [-0.4, -0.2) is 86.7 Å². The molecule has 6 N–H and O–H groups in total. The largest absolute Gasteiger partial charge is 0.507 e. The summed E-state index contributed by atoms with van der Waals surface area (Å²) in [5, 5.41) is 53.6. The van der Waals surface area contributed by atoms with Gasteiger partial charge in [0.25, 0.3) is 0 Å². The molecule has 0 spiro atoms. The third-order valence-electron chi connectivity index (χ3n) is 7.76. The molecule has 0 bridgehead atoms. The van der Waals surface area contributed by atoms with E-state index in [4.69, 9.17) is 19.9 Å². The zero-order chi connectivity index (χ0) is 28.4. The third-order valence-corrected chi connectivity index (χ3v) is 7.76. The van der Waals surface area contributed by atoms with Crippen LogP contribution in [0.25, 0.3) is 0 Å². The van der Waals surface area contributed by atoms with Gasteiger partial charge in [-0.15, -0.1) is 0 Å². The number of aliphatic hydroxyl groups is 3. The van der Waals surface area contributed by atoms with Crippen LogP contribution >= 0.6 is 0 Å². The molecule has 1 aliphatic heterocycles. The molecule has 0 saturated carbocycles. The number of phenolic OH excluding ortho intramolecular Hbond substituents is 2. The Kier molecular flexibility index (Phi) is 6.74. The third kappa shape index (κ3) is 4.11. The summed E-state index contributed by atoms with van der Waals surface area (Å²) in [6, 6.07) is 3.37. The maximum Gasteiger partial charge on any atom is 0.202 e. The molecule has 12 heteroatoms. The number of hydrogen-bond donors (Lipinski definition) is 5. The fourth-order valence-electron chi connectivity index (χ4n) is 5.71.